The number of benzene rings is 2. The summed E-state index contributed by atoms with van der Waals surface area (Å²) in [5.41, 5.74) is 3.10. The Balaban J connectivity index is 1.62. The Morgan fingerprint density at radius 1 is 1.09 bits per heavy atom. The van der Waals surface area contributed by atoms with Crippen LogP contribution in [0.4, 0.5) is 5.69 Å². The van der Waals surface area contributed by atoms with E-state index in [-0.39, 0.29) is 29.8 Å². The van der Waals surface area contributed by atoms with E-state index in [1.807, 2.05) is 24.3 Å². The van der Waals surface area contributed by atoms with E-state index >= 15 is 0 Å². The maximum absolute atomic E-state index is 13.1. The molecule has 0 bridgehead atoms. The van der Waals surface area contributed by atoms with Gasteiger partial charge in [-0.3, -0.25) is 19.3 Å². The van der Waals surface area contributed by atoms with Gasteiger partial charge >= 0.3 is 5.97 Å². The van der Waals surface area contributed by atoms with Gasteiger partial charge in [0.1, 0.15) is 23.8 Å². The van der Waals surface area contributed by atoms with Crippen molar-refractivity contribution in [3.63, 3.8) is 0 Å². The standard InChI is InChI=1S/C25H23N3O6/c1-14(25(32)33-4)26-23(30)15(2)28-13-20-18(6-5-7-19(20)24(28)31)17-8-9-21-22(12-17)34-11-10-27(21)16(3)29/h5-9,12H,1-2,10-11,13H2,3-4H3,(H,26,30). The third kappa shape index (κ3) is 3.92. The van der Waals surface area contributed by atoms with Gasteiger partial charge in [-0.2, -0.15) is 0 Å². The van der Waals surface area contributed by atoms with Gasteiger partial charge in [0.05, 0.1) is 25.9 Å². The summed E-state index contributed by atoms with van der Waals surface area (Å²) in [5.74, 6) is -1.38. The van der Waals surface area contributed by atoms with Crippen molar-refractivity contribution in [3.8, 4) is 16.9 Å². The van der Waals surface area contributed by atoms with Crippen LogP contribution in [-0.2, 0) is 25.7 Å². The first-order valence-electron chi connectivity index (χ1n) is 10.5. The Morgan fingerprint density at radius 3 is 2.53 bits per heavy atom. The summed E-state index contributed by atoms with van der Waals surface area (Å²) in [7, 11) is 1.17. The lowest BCUT2D eigenvalue weighted by molar-refractivity contribution is -0.137. The fraction of sp³-hybridized carbons (Fsp3) is 0.200. The van der Waals surface area contributed by atoms with Gasteiger partial charge in [0.2, 0.25) is 5.91 Å². The molecule has 2 aromatic rings. The highest BCUT2D eigenvalue weighted by Gasteiger charge is 2.34. The van der Waals surface area contributed by atoms with Gasteiger partial charge < -0.3 is 19.7 Å². The number of nitrogens with one attached hydrogen (secondary N) is 1. The van der Waals surface area contributed by atoms with Gasteiger partial charge in [-0.1, -0.05) is 31.4 Å². The summed E-state index contributed by atoms with van der Waals surface area (Å²) >= 11 is 0. The Bertz CT molecular complexity index is 1270. The first-order valence-corrected chi connectivity index (χ1v) is 10.5. The molecule has 0 fully saturated rings. The van der Waals surface area contributed by atoms with Crippen molar-refractivity contribution in [2.75, 3.05) is 25.2 Å². The van der Waals surface area contributed by atoms with Crippen molar-refractivity contribution >= 4 is 29.4 Å². The number of hydrogen-bond acceptors (Lipinski definition) is 6. The second-order valence-electron chi connectivity index (χ2n) is 7.80. The quantitative estimate of drug-likeness (QED) is 0.542. The number of methoxy groups -OCH3 is 1. The number of ether oxygens (including phenoxy) is 2. The zero-order chi connectivity index (χ0) is 24.6. The highest BCUT2D eigenvalue weighted by molar-refractivity contribution is 6.08. The van der Waals surface area contributed by atoms with E-state index in [0.29, 0.717) is 30.2 Å². The Labute approximate surface area is 196 Å². The molecular weight excluding hydrogens is 438 g/mol. The molecule has 2 aliphatic rings. The number of nitrogens with zero attached hydrogens (tertiary/aromatic N) is 2. The van der Waals surface area contributed by atoms with Crippen LogP contribution in [0.1, 0.15) is 22.8 Å². The van der Waals surface area contributed by atoms with E-state index in [0.717, 1.165) is 16.7 Å². The molecule has 0 saturated carbocycles. The third-order valence-electron chi connectivity index (χ3n) is 5.77. The lowest BCUT2D eigenvalue weighted by Crippen LogP contribution is -2.36. The molecule has 0 atom stereocenters. The summed E-state index contributed by atoms with van der Waals surface area (Å²) in [4.78, 5) is 52.0. The number of esters is 1. The number of anilines is 1. The molecule has 0 spiro atoms. The predicted octanol–water partition coefficient (Wildman–Crippen LogP) is 2.37. The lowest BCUT2D eigenvalue weighted by atomic mass is 9.96. The van der Waals surface area contributed by atoms with Crippen LogP contribution in [0, 0.1) is 0 Å². The van der Waals surface area contributed by atoms with Crippen LogP contribution in [0.5, 0.6) is 5.75 Å². The number of carbonyl (C=O) groups excluding carboxylic acids is 4. The van der Waals surface area contributed by atoms with Crippen molar-refractivity contribution in [1.29, 1.82) is 0 Å². The molecule has 2 aromatic carbocycles. The first kappa shape index (κ1) is 22.8. The molecule has 0 unspecified atom stereocenters. The van der Waals surface area contributed by atoms with Crippen LogP contribution < -0.4 is 15.0 Å². The molecule has 1 N–H and O–H groups in total. The smallest absolute Gasteiger partial charge is 0.353 e. The normalized spacial score (nSPS) is 14.0. The molecule has 9 nitrogen and oxygen atoms in total. The molecule has 34 heavy (non-hydrogen) atoms. The Hall–Kier alpha value is -4.40. The second kappa shape index (κ2) is 8.86. The lowest BCUT2D eigenvalue weighted by Gasteiger charge is -2.29. The average Bonchev–Trinajstić information content (AvgIpc) is 3.18. The first-order chi connectivity index (χ1) is 16.2. The van der Waals surface area contributed by atoms with Crippen molar-refractivity contribution in [1.82, 2.24) is 10.2 Å². The molecule has 2 aliphatic heterocycles. The number of fused-ring (bicyclic) bond motifs is 2. The third-order valence-corrected chi connectivity index (χ3v) is 5.77. The van der Waals surface area contributed by atoms with E-state index in [1.165, 1.54) is 18.9 Å². The van der Waals surface area contributed by atoms with Gasteiger partial charge in [-0.25, -0.2) is 4.79 Å². The minimum atomic E-state index is -0.794. The van der Waals surface area contributed by atoms with Crippen LogP contribution >= 0.6 is 0 Å². The molecule has 0 aliphatic carbocycles. The summed E-state index contributed by atoms with van der Waals surface area (Å²) in [6.07, 6.45) is 0. The number of carbonyl (C=O) groups is 4. The van der Waals surface area contributed by atoms with Crippen molar-refractivity contribution < 1.29 is 28.7 Å². The minimum Gasteiger partial charge on any atom is -0.490 e. The van der Waals surface area contributed by atoms with E-state index in [4.69, 9.17) is 4.74 Å². The monoisotopic (exact) mass is 461 g/mol. The molecule has 2 heterocycles. The van der Waals surface area contributed by atoms with E-state index in [1.54, 1.807) is 17.0 Å². The van der Waals surface area contributed by atoms with Crippen molar-refractivity contribution in [3.05, 3.63) is 72.1 Å². The fourth-order valence-corrected chi connectivity index (χ4v) is 4.04. The zero-order valence-corrected chi connectivity index (χ0v) is 18.8. The maximum Gasteiger partial charge on any atom is 0.353 e. The van der Waals surface area contributed by atoms with E-state index in [9.17, 15) is 19.2 Å². The Morgan fingerprint density at radius 2 is 1.82 bits per heavy atom. The van der Waals surface area contributed by atoms with E-state index in [2.05, 4.69) is 23.2 Å². The van der Waals surface area contributed by atoms with E-state index < -0.39 is 11.9 Å². The van der Waals surface area contributed by atoms with Crippen LogP contribution in [0.25, 0.3) is 11.1 Å². The highest BCUT2D eigenvalue weighted by atomic mass is 16.5. The highest BCUT2D eigenvalue weighted by Crippen LogP contribution is 2.39. The molecule has 0 saturated heterocycles. The predicted molar refractivity (Wildman–Crippen MR) is 124 cm³/mol. The number of rotatable bonds is 5. The van der Waals surface area contributed by atoms with Crippen LogP contribution in [0.15, 0.2) is 61.0 Å². The molecule has 174 valence electrons. The minimum absolute atomic E-state index is 0.0641. The van der Waals surface area contributed by atoms with Crippen LogP contribution in [-0.4, -0.2) is 48.9 Å². The second-order valence-corrected chi connectivity index (χ2v) is 7.80. The van der Waals surface area contributed by atoms with Crippen molar-refractivity contribution in [2.45, 2.75) is 13.5 Å². The van der Waals surface area contributed by atoms with Gasteiger partial charge in [0.25, 0.3) is 11.8 Å². The zero-order valence-electron chi connectivity index (χ0n) is 18.8. The van der Waals surface area contributed by atoms with Crippen LogP contribution in [0.2, 0.25) is 0 Å². The van der Waals surface area contributed by atoms with Gasteiger partial charge in [0, 0.05) is 12.5 Å². The van der Waals surface area contributed by atoms with Gasteiger partial charge in [-0.05, 0) is 34.9 Å². The molecule has 3 amide bonds. The summed E-state index contributed by atoms with van der Waals surface area (Å²) in [6.45, 7) is 9.70. The van der Waals surface area contributed by atoms with Crippen LogP contribution in [0.3, 0.4) is 0 Å². The molecular formula is C25H23N3O6. The summed E-state index contributed by atoms with van der Waals surface area (Å²) in [5, 5.41) is 2.30. The summed E-state index contributed by atoms with van der Waals surface area (Å²) < 4.78 is 10.3. The molecule has 9 heteroatoms. The molecule has 4 rings (SSSR count). The largest absolute Gasteiger partial charge is 0.490 e. The summed E-state index contributed by atoms with van der Waals surface area (Å²) in [6, 6.07) is 10.9. The molecule has 0 aromatic heterocycles. The fourth-order valence-electron chi connectivity index (χ4n) is 4.04. The topological polar surface area (TPSA) is 105 Å². The van der Waals surface area contributed by atoms with Gasteiger partial charge in [-0.15, -0.1) is 0 Å². The number of amides is 3. The Kier molecular flexibility index (Phi) is 5.93. The maximum atomic E-state index is 13.1. The average molecular weight is 461 g/mol. The van der Waals surface area contributed by atoms with Gasteiger partial charge in [0.15, 0.2) is 0 Å². The SMILES string of the molecule is C=C(NC(=O)C(=C)N1Cc2c(cccc2-c2ccc3c(c2)OCCN3C(C)=O)C1=O)C(=O)OC. The molecule has 0 radical (unpaired) electrons. The number of hydrogen-bond donors (Lipinski definition) is 1. The van der Waals surface area contributed by atoms with Crippen molar-refractivity contribution in [2.24, 2.45) is 0 Å².